The molecule has 2 aromatic carbocycles. The molecular formula is C24H18ClF4N3O3S. The number of aromatic hydroxyl groups is 1. The molecule has 0 saturated carbocycles. The van der Waals surface area contributed by atoms with Crippen LogP contribution in [-0.2, 0) is 5.75 Å². The fourth-order valence-electron chi connectivity index (χ4n) is 4.52. The van der Waals surface area contributed by atoms with Gasteiger partial charge in [0.15, 0.2) is 11.4 Å². The molecule has 0 radical (unpaired) electrons. The van der Waals surface area contributed by atoms with E-state index in [0.717, 1.165) is 13.0 Å². The molecule has 0 spiro atoms. The van der Waals surface area contributed by atoms with E-state index in [1.54, 1.807) is 18.2 Å². The van der Waals surface area contributed by atoms with Crippen LogP contribution in [0.4, 0.5) is 17.6 Å². The van der Waals surface area contributed by atoms with Crippen molar-refractivity contribution in [2.45, 2.75) is 35.8 Å². The van der Waals surface area contributed by atoms with Crippen molar-refractivity contribution in [3.05, 3.63) is 92.1 Å². The predicted octanol–water partition coefficient (Wildman–Crippen LogP) is 5.04. The first-order chi connectivity index (χ1) is 17.0. The van der Waals surface area contributed by atoms with Gasteiger partial charge < -0.3 is 10.0 Å². The lowest BCUT2D eigenvalue weighted by Crippen LogP contribution is -2.60. The van der Waals surface area contributed by atoms with Gasteiger partial charge in [-0.1, -0.05) is 29.8 Å². The number of halogens is 5. The van der Waals surface area contributed by atoms with Crippen LogP contribution < -0.4 is 10.4 Å². The summed E-state index contributed by atoms with van der Waals surface area (Å²) in [4.78, 5) is 26.5. The molecule has 1 N–H and O–H groups in total. The number of hydrogen-bond donors (Lipinski definition) is 1. The minimum atomic E-state index is -4.77. The van der Waals surface area contributed by atoms with E-state index in [1.807, 2.05) is 0 Å². The fourth-order valence-corrected chi connectivity index (χ4v) is 6.01. The van der Waals surface area contributed by atoms with E-state index in [9.17, 15) is 32.3 Å². The Morgan fingerprint density at radius 2 is 1.89 bits per heavy atom. The lowest BCUT2D eigenvalue weighted by molar-refractivity contribution is -0.173. The van der Waals surface area contributed by atoms with Crippen LogP contribution in [0, 0.1) is 5.82 Å². The van der Waals surface area contributed by atoms with Gasteiger partial charge in [-0.05, 0) is 41.8 Å². The van der Waals surface area contributed by atoms with Crippen molar-refractivity contribution < 1.29 is 27.5 Å². The van der Waals surface area contributed by atoms with Gasteiger partial charge in [-0.2, -0.15) is 13.2 Å². The molecule has 2 aliphatic heterocycles. The highest BCUT2D eigenvalue weighted by Crippen LogP contribution is 2.45. The maximum Gasteiger partial charge on any atom is 0.408 e. The molecule has 1 aromatic heterocycles. The van der Waals surface area contributed by atoms with Crippen molar-refractivity contribution >= 4 is 29.3 Å². The molecule has 3 heterocycles. The van der Waals surface area contributed by atoms with Crippen molar-refractivity contribution in [1.82, 2.24) is 9.58 Å². The number of carbonyl (C=O) groups excluding carboxylic acids is 1. The van der Waals surface area contributed by atoms with Crippen molar-refractivity contribution in [3.8, 4) is 5.75 Å². The quantitative estimate of drug-likeness (QED) is 0.462. The number of hydrogen-bond acceptors (Lipinski definition) is 5. The molecule has 6 nitrogen and oxygen atoms in total. The van der Waals surface area contributed by atoms with Crippen LogP contribution in [0.1, 0.15) is 40.1 Å². The average Bonchev–Trinajstić information content (AvgIpc) is 2.98. The molecule has 0 unspecified atom stereocenters. The Balaban J connectivity index is 1.80. The normalized spacial score (nSPS) is 18.3. The summed E-state index contributed by atoms with van der Waals surface area (Å²) in [5.41, 5.74) is 0.413. The largest absolute Gasteiger partial charge is 0.502 e. The van der Waals surface area contributed by atoms with Gasteiger partial charge in [0.05, 0.1) is 6.04 Å². The standard InChI is InChI=1S/C24H18ClF4N3O3S/c1-12(24(27,28)29)30-11-32(31-8-7-18(33)22(34)21(31)23(30)35)20-14-3-2-4-17(25)16(14)10-36-19-9-13(26)5-6-15(19)20/h2-9,12,20,34H,10-11H2,1H3/t12-,20+/m1/s1. The maximum absolute atomic E-state index is 14.2. The first kappa shape index (κ1) is 24.5. The third-order valence-corrected chi connectivity index (χ3v) is 7.87. The third-order valence-electron chi connectivity index (χ3n) is 6.42. The number of benzene rings is 2. The highest BCUT2D eigenvalue weighted by atomic mass is 35.5. The second kappa shape index (κ2) is 8.74. The summed E-state index contributed by atoms with van der Waals surface area (Å²) in [5, 5.41) is 12.4. The summed E-state index contributed by atoms with van der Waals surface area (Å²) in [6.45, 7) is 0.299. The number of nitrogens with zero attached hydrogens (tertiary/aromatic N) is 3. The lowest BCUT2D eigenvalue weighted by Gasteiger charge is -2.46. The van der Waals surface area contributed by atoms with Crippen LogP contribution in [0.5, 0.6) is 5.75 Å². The Hall–Kier alpha value is -3.18. The minimum absolute atomic E-state index is 0.375. The van der Waals surface area contributed by atoms with E-state index in [4.69, 9.17) is 11.6 Å². The van der Waals surface area contributed by atoms with Gasteiger partial charge >= 0.3 is 6.18 Å². The molecule has 188 valence electrons. The zero-order valence-electron chi connectivity index (χ0n) is 18.6. The van der Waals surface area contributed by atoms with Crippen molar-refractivity contribution in [2.75, 3.05) is 11.7 Å². The molecule has 0 bridgehead atoms. The van der Waals surface area contributed by atoms with Gasteiger partial charge in [0.2, 0.25) is 5.43 Å². The van der Waals surface area contributed by atoms with Crippen LogP contribution >= 0.6 is 23.4 Å². The Morgan fingerprint density at radius 3 is 2.61 bits per heavy atom. The smallest absolute Gasteiger partial charge is 0.408 e. The number of fused-ring (bicyclic) bond motifs is 3. The number of alkyl halides is 3. The number of carbonyl (C=O) groups is 1. The van der Waals surface area contributed by atoms with Crippen molar-refractivity contribution in [2.24, 2.45) is 0 Å². The van der Waals surface area contributed by atoms with Gasteiger partial charge in [0.25, 0.3) is 5.91 Å². The molecule has 36 heavy (non-hydrogen) atoms. The van der Waals surface area contributed by atoms with E-state index in [2.05, 4.69) is 0 Å². The Morgan fingerprint density at radius 1 is 1.14 bits per heavy atom. The summed E-state index contributed by atoms with van der Waals surface area (Å²) in [7, 11) is 0. The maximum atomic E-state index is 14.2. The summed E-state index contributed by atoms with van der Waals surface area (Å²) in [6, 6.07) is 7.24. The zero-order chi connectivity index (χ0) is 25.9. The summed E-state index contributed by atoms with van der Waals surface area (Å²) < 4.78 is 56.7. The highest BCUT2D eigenvalue weighted by molar-refractivity contribution is 7.98. The first-order valence-electron chi connectivity index (χ1n) is 10.8. The van der Waals surface area contributed by atoms with Gasteiger partial charge in [-0.15, -0.1) is 11.8 Å². The first-order valence-corrected chi connectivity index (χ1v) is 12.1. The second-order valence-corrected chi connectivity index (χ2v) is 9.90. The Labute approximate surface area is 211 Å². The van der Waals surface area contributed by atoms with Crippen LogP contribution in [0.25, 0.3) is 0 Å². The van der Waals surface area contributed by atoms with Gasteiger partial charge in [0.1, 0.15) is 18.5 Å². The highest BCUT2D eigenvalue weighted by Gasteiger charge is 2.47. The minimum Gasteiger partial charge on any atom is -0.502 e. The monoisotopic (exact) mass is 539 g/mol. The Bertz CT molecular complexity index is 1450. The summed E-state index contributed by atoms with van der Waals surface area (Å²) >= 11 is 7.82. The summed E-state index contributed by atoms with van der Waals surface area (Å²) in [6.07, 6.45) is -3.54. The third kappa shape index (κ3) is 3.90. The number of amides is 1. The molecule has 3 aromatic rings. The number of aromatic nitrogens is 1. The topological polar surface area (TPSA) is 65.8 Å². The molecule has 5 rings (SSSR count). The van der Waals surface area contributed by atoms with Crippen molar-refractivity contribution in [1.29, 1.82) is 0 Å². The second-order valence-electron chi connectivity index (χ2n) is 8.48. The van der Waals surface area contributed by atoms with E-state index in [-0.39, 0.29) is 0 Å². The molecule has 2 atom stereocenters. The molecule has 0 fully saturated rings. The predicted molar refractivity (Wildman–Crippen MR) is 126 cm³/mol. The van der Waals surface area contributed by atoms with Crippen molar-refractivity contribution in [3.63, 3.8) is 0 Å². The Kier molecular flexibility index (Phi) is 5.95. The van der Waals surface area contributed by atoms with Gasteiger partial charge in [-0.3, -0.25) is 19.3 Å². The summed E-state index contributed by atoms with van der Waals surface area (Å²) in [5.74, 6) is -2.21. The van der Waals surface area contributed by atoms with Crippen LogP contribution in [0.2, 0.25) is 5.02 Å². The molecule has 1 amide bonds. The average molecular weight is 540 g/mol. The molecule has 0 saturated heterocycles. The number of thioether (sulfide) groups is 1. The SMILES string of the molecule is C[C@@H](N1CN([C@@H]2c3ccc(F)cc3SCc3c(Cl)cccc32)n2ccc(=O)c(O)c2C1=O)C(F)(F)F. The van der Waals surface area contributed by atoms with E-state index >= 15 is 0 Å². The van der Waals surface area contributed by atoms with Crippen LogP contribution in [0.3, 0.4) is 0 Å². The number of rotatable bonds is 2. The molecule has 12 heteroatoms. The van der Waals surface area contributed by atoms with E-state index in [1.165, 1.54) is 45.8 Å². The zero-order valence-corrected chi connectivity index (χ0v) is 20.2. The van der Waals surface area contributed by atoms with Crippen LogP contribution in [-0.4, -0.2) is 39.5 Å². The lowest BCUT2D eigenvalue weighted by atomic mass is 9.94. The van der Waals surface area contributed by atoms with Gasteiger partial charge in [-0.25, -0.2) is 4.39 Å². The van der Waals surface area contributed by atoms with E-state index < -0.39 is 53.5 Å². The fraction of sp³-hybridized carbons (Fsp3) is 0.250. The molecule has 2 aliphatic rings. The van der Waals surface area contributed by atoms with E-state index in [0.29, 0.717) is 37.3 Å². The molecular weight excluding hydrogens is 522 g/mol. The molecule has 0 aliphatic carbocycles. The van der Waals surface area contributed by atoms with Gasteiger partial charge in [0, 0.05) is 27.9 Å². The van der Waals surface area contributed by atoms with Crippen LogP contribution in [0.15, 0.2) is 58.4 Å². The number of pyridine rings is 1.